The lowest BCUT2D eigenvalue weighted by molar-refractivity contribution is 0.526. The molecule has 0 unspecified atom stereocenters. The van der Waals surface area contributed by atoms with E-state index in [4.69, 9.17) is 4.42 Å². The van der Waals surface area contributed by atoms with Crippen LogP contribution in [0.5, 0.6) is 0 Å². The zero-order valence-corrected chi connectivity index (χ0v) is 16.2. The van der Waals surface area contributed by atoms with E-state index in [0.717, 1.165) is 30.6 Å². The number of benzene rings is 2. The SMILES string of the molecule is CC1(C)C(=CC=C2CCCc3cc4ccc(=O)cc-4oc32)Nc2ccccc21. The lowest BCUT2D eigenvalue weighted by Gasteiger charge is -2.21. The Bertz CT molecular complexity index is 1160. The number of rotatable bonds is 1. The molecule has 2 aliphatic heterocycles. The molecule has 1 N–H and O–H groups in total. The first kappa shape index (κ1) is 17.1. The average Bonchev–Trinajstić information content (AvgIpc) is 2.95. The molecule has 1 aromatic carbocycles. The van der Waals surface area contributed by atoms with Crippen LogP contribution in [0.3, 0.4) is 0 Å². The molecule has 140 valence electrons. The van der Waals surface area contributed by atoms with Crippen LogP contribution in [0, 0.1) is 0 Å². The number of para-hydroxylation sites is 1. The van der Waals surface area contributed by atoms with Crippen molar-refractivity contribution < 1.29 is 4.42 Å². The molecule has 0 bridgehead atoms. The van der Waals surface area contributed by atoms with Crippen LogP contribution in [0.15, 0.2) is 75.6 Å². The van der Waals surface area contributed by atoms with Crippen molar-refractivity contribution in [3.05, 3.63) is 93.5 Å². The molecule has 0 saturated heterocycles. The largest absolute Gasteiger partial charge is 0.456 e. The van der Waals surface area contributed by atoms with Crippen molar-refractivity contribution in [2.75, 3.05) is 5.32 Å². The standard InChI is InChI=1S/C25H23NO2/c1-25(2)20-8-3-4-9-21(20)26-23(25)13-11-16-6-5-7-18-14-17-10-12-19(27)15-22(17)28-24(16)18/h3-4,8-15,26H,5-7H2,1-2H3. The Labute approximate surface area is 164 Å². The quantitative estimate of drug-likeness (QED) is 0.594. The van der Waals surface area contributed by atoms with Gasteiger partial charge in [-0.3, -0.25) is 4.79 Å². The van der Waals surface area contributed by atoms with Gasteiger partial charge in [0, 0.05) is 28.4 Å². The van der Waals surface area contributed by atoms with Gasteiger partial charge in [-0.1, -0.05) is 38.1 Å². The molecule has 28 heavy (non-hydrogen) atoms. The van der Waals surface area contributed by atoms with Crippen LogP contribution < -0.4 is 10.7 Å². The predicted octanol–water partition coefficient (Wildman–Crippen LogP) is 5.75. The van der Waals surface area contributed by atoms with Crippen molar-refractivity contribution in [1.29, 1.82) is 0 Å². The summed E-state index contributed by atoms with van der Waals surface area (Å²) in [6, 6.07) is 15.7. The minimum absolute atomic E-state index is 0.0191. The highest BCUT2D eigenvalue weighted by atomic mass is 16.3. The van der Waals surface area contributed by atoms with E-state index in [1.54, 1.807) is 12.1 Å². The summed E-state index contributed by atoms with van der Waals surface area (Å²) in [5, 5.41) is 3.57. The zero-order chi connectivity index (χ0) is 19.3. The van der Waals surface area contributed by atoms with E-state index < -0.39 is 0 Å². The lowest BCUT2D eigenvalue weighted by Crippen LogP contribution is -2.17. The highest BCUT2D eigenvalue weighted by molar-refractivity contribution is 5.73. The molecule has 2 heterocycles. The van der Waals surface area contributed by atoms with Crippen molar-refractivity contribution in [2.24, 2.45) is 0 Å². The second-order valence-corrected chi connectivity index (χ2v) is 8.22. The second kappa shape index (κ2) is 6.23. The van der Waals surface area contributed by atoms with E-state index in [9.17, 15) is 4.79 Å². The van der Waals surface area contributed by atoms with Crippen LogP contribution in [0.25, 0.3) is 16.9 Å². The number of nitrogens with one attached hydrogen (secondary N) is 1. The number of aryl methyl sites for hydroxylation is 1. The Morgan fingerprint density at radius 1 is 1.04 bits per heavy atom. The van der Waals surface area contributed by atoms with Gasteiger partial charge in [0.1, 0.15) is 11.5 Å². The van der Waals surface area contributed by atoms with Gasteiger partial charge in [0.25, 0.3) is 0 Å². The minimum atomic E-state index is -0.0524. The number of fused-ring (bicyclic) bond motifs is 3. The van der Waals surface area contributed by atoms with Gasteiger partial charge in [-0.25, -0.2) is 0 Å². The molecule has 0 radical (unpaired) electrons. The van der Waals surface area contributed by atoms with Crippen LogP contribution >= 0.6 is 0 Å². The summed E-state index contributed by atoms with van der Waals surface area (Å²) in [5.41, 5.74) is 7.03. The van der Waals surface area contributed by atoms with Crippen molar-refractivity contribution >= 4 is 11.3 Å². The summed E-state index contributed by atoms with van der Waals surface area (Å²) in [6.45, 7) is 4.50. The monoisotopic (exact) mass is 369 g/mol. The van der Waals surface area contributed by atoms with Crippen molar-refractivity contribution in [1.82, 2.24) is 0 Å². The van der Waals surface area contributed by atoms with Gasteiger partial charge < -0.3 is 9.73 Å². The molecule has 0 aromatic heterocycles. The van der Waals surface area contributed by atoms with Gasteiger partial charge in [0.05, 0.1) is 0 Å². The fourth-order valence-electron chi connectivity index (χ4n) is 4.37. The van der Waals surface area contributed by atoms with Gasteiger partial charge in [0.15, 0.2) is 5.43 Å². The maximum absolute atomic E-state index is 11.7. The smallest absolute Gasteiger partial charge is 0.182 e. The summed E-state index contributed by atoms with van der Waals surface area (Å²) in [5.74, 6) is 1.59. The summed E-state index contributed by atoms with van der Waals surface area (Å²) in [7, 11) is 0. The number of anilines is 1. The molecular formula is C25H23NO2. The van der Waals surface area contributed by atoms with Crippen LogP contribution in [-0.2, 0) is 11.8 Å². The minimum Gasteiger partial charge on any atom is -0.456 e. The summed E-state index contributed by atoms with van der Waals surface area (Å²) < 4.78 is 6.19. The van der Waals surface area contributed by atoms with Crippen molar-refractivity contribution in [3.8, 4) is 11.3 Å². The van der Waals surface area contributed by atoms with Crippen LogP contribution in [0.4, 0.5) is 5.69 Å². The third-order valence-corrected chi connectivity index (χ3v) is 6.00. The fraction of sp³-hybridized carbons (Fsp3) is 0.240. The van der Waals surface area contributed by atoms with Gasteiger partial charge >= 0.3 is 0 Å². The first-order chi connectivity index (χ1) is 13.5. The molecule has 0 spiro atoms. The summed E-state index contributed by atoms with van der Waals surface area (Å²) >= 11 is 0. The van der Waals surface area contributed by atoms with Crippen LogP contribution in [0.2, 0.25) is 0 Å². The van der Waals surface area contributed by atoms with E-state index in [-0.39, 0.29) is 10.8 Å². The van der Waals surface area contributed by atoms with E-state index >= 15 is 0 Å². The van der Waals surface area contributed by atoms with Crippen LogP contribution in [-0.4, -0.2) is 0 Å². The van der Waals surface area contributed by atoms with Gasteiger partial charge in [-0.05, 0) is 66.3 Å². The van der Waals surface area contributed by atoms with Crippen LogP contribution in [0.1, 0.15) is 43.6 Å². The maximum atomic E-state index is 11.7. The Kier molecular flexibility index (Phi) is 3.80. The molecule has 0 saturated carbocycles. The van der Waals surface area contributed by atoms with Gasteiger partial charge in [0.2, 0.25) is 0 Å². The van der Waals surface area contributed by atoms with Crippen molar-refractivity contribution in [2.45, 2.75) is 38.5 Å². The predicted molar refractivity (Wildman–Crippen MR) is 114 cm³/mol. The molecule has 1 aromatic rings. The highest BCUT2D eigenvalue weighted by Crippen LogP contribution is 2.43. The number of allylic oxidation sites excluding steroid dienone is 4. The Hall–Kier alpha value is -3.07. The maximum Gasteiger partial charge on any atom is 0.182 e. The highest BCUT2D eigenvalue weighted by Gasteiger charge is 2.34. The molecule has 5 rings (SSSR count). The van der Waals surface area contributed by atoms with E-state index in [1.807, 2.05) is 6.07 Å². The lowest BCUT2D eigenvalue weighted by atomic mass is 9.83. The summed E-state index contributed by atoms with van der Waals surface area (Å²) in [6.07, 6.45) is 7.48. The Morgan fingerprint density at radius 3 is 2.75 bits per heavy atom. The molecule has 0 fully saturated rings. The number of hydrogen-bond acceptors (Lipinski definition) is 3. The molecule has 2 aliphatic carbocycles. The van der Waals surface area contributed by atoms with Crippen molar-refractivity contribution in [3.63, 3.8) is 0 Å². The second-order valence-electron chi connectivity index (χ2n) is 8.22. The van der Waals surface area contributed by atoms with Gasteiger partial charge in [-0.15, -0.1) is 0 Å². The molecule has 3 nitrogen and oxygen atoms in total. The topological polar surface area (TPSA) is 42.2 Å². The zero-order valence-electron chi connectivity index (χ0n) is 16.2. The Balaban J connectivity index is 1.57. The fourth-order valence-corrected chi connectivity index (χ4v) is 4.37. The molecular weight excluding hydrogens is 346 g/mol. The normalized spacial score (nSPS) is 20.2. The van der Waals surface area contributed by atoms with E-state index in [0.29, 0.717) is 5.76 Å². The molecule has 3 heteroatoms. The third-order valence-electron chi connectivity index (χ3n) is 6.00. The summed E-state index contributed by atoms with van der Waals surface area (Å²) in [4.78, 5) is 11.7. The molecule has 0 amide bonds. The Morgan fingerprint density at radius 2 is 1.89 bits per heavy atom. The first-order valence-corrected chi connectivity index (χ1v) is 9.87. The molecule has 4 aliphatic rings. The molecule has 0 atom stereocenters. The van der Waals surface area contributed by atoms with E-state index in [2.05, 4.69) is 61.6 Å². The van der Waals surface area contributed by atoms with Gasteiger partial charge in [-0.2, -0.15) is 0 Å². The third kappa shape index (κ3) is 2.70. The van der Waals surface area contributed by atoms with E-state index in [1.165, 1.54) is 28.1 Å². The first-order valence-electron chi connectivity index (χ1n) is 9.87. The number of hydrogen-bond donors (Lipinski definition) is 1. The average molecular weight is 369 g/mol.